The fourth-order valence-corrected chi connectivity index (χ4v) is 4.26. The van der Waals surface area contributed by atoms with Crippen LogP contribution in [0, 0.1) is 6.92 Å². The monoisotopic (exact) mass is 440 g/mol. The molecule has 3 aromatic rings. The number of nitrogens with two attached hydrogens (primary N) is 1. The van der Waals surface area contributed by atoms with Gasteiger partial charge in [-0.15, -0.1) is 13.2 Å². The molecule has 0 aliphatic carbocycles. The lowest BCUT2D eigenvalue weighted by Crippen LogP contribution is -2.23. The van der Waals surface area contributed by atoms with Crippen molar-refractivity contribution in [2.45, 2.75) is 39.0 Å². The second-order valence-corrected chi connectivity index (χ2v) is 7.94. The SMILES string of the molecule is Cc1cc(-c2ccc(CN)cc2)cc2c1C(C=O)N(Cc1ccc(OC(F)(F)F)cc1)C2. The Hall–Kier alpha value is -3.16. The van der Waals surface area contributed by atoms with Crippen LogP contribution in [-0.2, 0) is 24.4 Å². The zero-order valence-corrected chi connectivity index (χ0v) is 17.5. The lowest BCUT2D eigenvalue weighted by Gasteiger charge is -2.21. The number of alkyl halides is 3. The summed E-state index contributed by atoms with van der Waals surface area (Å²) in [7, 11) is 0. The van der Waals surface area contributed by atoms with Gasteiger partial charge in [-0.2, -0.15) is 0 Å². The van der Waals surface area contributed by atoms with E-state index in [4.69, 9.17) is 5.73 Å². The molecule has 1 atom stereocenters. The molecule has 7 heteroatoms. The van der Waals surface area contributed by atoms with Crippen LogP contribution in [0.15, 0.2) is 60.7 Å². The summed E-state index contributed by atoms with van der Waals surface area (Å²) >= 11 is 0. The van der Waals surface area contributed by atoms with Crippen LogP contribution in [0.25, 0.3) is 11.1 Å². The Labute approximate surface area is 184 Å². The van der Waals surface area contributed by atoms with Gasteiger partial charge >= 0.3 is 6.36 Å². The summed E-state index contributed by atoms with van der Waals surface area (Å²) in [5, 5.41) is 0. The lowest BCUT2D eigenvalue weighted by molar-refractivity contribution is -0.274. The number of fused-ring (bicyclic) bond motifs is 1. The number of rotatable bonds is 6. The lowest BCUT2D eigenvalue weighted by atomic mass is 9.93. The second kappa shape index (κ2) is 8.76. The van der Waals surface area contributed by atoms with Gasteiger partial charge in [0.2, 0.25) is 0 Å². The number of hydrogen-bond acceptors (Lipinski definition) is 4. The van der Waals surface area contributed by atoms with E-state index in [-0.39, 0.29) is 5.75 Å². The predicted octanol–water partition coefficient (Wildman–Crippen LogP) is 5.28. The number of nitrogens with zero attached hydrogens (tertiary/aromatic N) is 1. The van der Waals surface area contributed by atoms with Crippen LogP contribution in [0.1, 0.15) is 33.9 Å². The van der Waals surface area contributed by atoms with Crippen LogP contribution < -0.4 is 10.5 Å². The molecule has 3 aromatic carbocycles. The molecule has 0 amide bonds. The summed E-state index contributed by atoms with van der Waals surface area (Å²) in [6.45, 7) is 3.50. The highest BCUT2D eigenvalue weighted by Crippen LogP contribution is 2.38. The van der Waals surface area contributed by atoms with Crippen molar-refractivity contribution >= 4 is 6.29 Å². The molecular formula is C25H23F3N2O2. The number of benzene rings is 3. The van der Waals surface area contributed by atoms with Crippen molar-refractivity contribution in [1.29, 1.82) is 0 Å². The first-order valence-electron chi connectivity index (χ1n) is 10.2. The van der Waals surface area contributed by atoms with Gasteiger partial charge in [-0.25, -0.2) is 0 Å². The highest BCUT2D eigenvalue weighted by Gasteiger charge is 2.33. The third-order valence-corrected chi connectivity index (χ3v) is 5.73. The number of carbonyl (C=O) groups is 1. The highest BCUT2D eigenvalue weighted by atomic mass is 19.4. The fourth-order valence-electron chi connectivity index (χ4n) is 4.26. The Balaban J connectivity index is 1.56. The molecule has 32 heavy (non-hydrogen) atoms. The molecule has 1 aliphatic heterocycles. The largest absolute Gasteiger partial charge is 0.573 e. The Kier molecular flexibility index (Phi) is 6.04. The van der Waals surface area contributed by atoms with Crippen LogP contribution in [0.4, 0.5) is 13.2 Å². The minimum Gasteiger partial charge on any atom is -0.406 e. The van der Waals surface area contributed by atoms with Gasteiger partial charge in [0.15, 0.2) is 0 Å². The average molecular weight is 440 g/mol. The molecule has 0 fully saturated rings. The third kappa shape index (κ3) is 4.69. The van der Waals surface area contributed by atoms with Gasteiger partial charge in [0, 0.05) is 19.6 Å². The minimum atomic E-state index is -4.72. The van der Waals surface area contributed by atoms with E-state index < -0.39 is 12.4 Å². The zero-order chi connectivity index (χ0) is 22.9. The fraction of sp³-hybridized carbons (Fsp3) is 0.240. The van der Waals surface area contributed by atoms with Crippen LogP contribution >= 0.6 is 0 Å². The van der Waals surface area contributed by atoms with Crippen molar-refractivity contribution < 1.29 is 22.7 Å². The standard InChI is InChI=1S/C25H23F3N2O2/c1-16-10-20(19-6-2-17(12-29)3-7-19)11-21-14-30(23(15-31)24(16)21)13-18-4-8-22(9-5-18)32-25(26,27)28/h2-11,15,23H,12-14,29H2,1H3. The van der Waals surface area contributed by atoms with Crippen molar-refractivity contribution in [3.05, 3.63) is 88.5 Å². The Morgan fingerprint density at radius 3 is 2.28 bits per heavy atom. The normalized spacial score (nSPS) is 16.1. The minimum absolute atomic E-state index is 0.265. The summed E-state index contributed by atoms with van der Waals surface area (Å²) in [5.41, 5.74) is 12.8. The quantitative estimate of drug-likeness (QED) is 0.530. The van der Waals surface area contributed by atoms with Crippen LogP contribution in [0.5, 0.6) is 5.75 Å². The maximum absolute atomic E-state index is 12.4. The van der Waals surface area contributed by atoms with Gasteiger partial charge in [-0.05, 0) is 64.1 Å². The highest BCUT2D eigenvalue weighted by molar-refractivity contribution is 5.72. The Bertz CT molecular complexity index is 1110. The molecule has 1 aliphatic rings. The van der Waals surface area contributed by atoms with Gasteiger partial charge in [0.05, 0.1) is 6.04 Å². The summed E-state index contributed by atoms with van der Waals surface area (Å²) in [4.78, 5) is 14.0. The molecule has 1 heterocycles. The molecule has 0 spiro atoms. The number of aryl methyl sites for hydroxylation is 1. The summed E-state index contributed by atoms with van der Waals surface area (Å²) in [6, 6.07) is 17.6. The maximum Gasteiger partial charge on any atom is 0.573 e. The molecule has 1 unspecified atom stereocenters. The topological polar surface area (TPSA) is 55.6 Å². The molecule has 166 valence electrons. The number of hydrogen-bond donors (Lipinski definition) is 1. The molecule has 4 rings (SSSR count). The Morgan fingerprint density at radius 1 is 1.03 bits per heavy atom. The van der Waals surface area contributed by atoms with Crippen molar-refractivity contribution in [2.24, 2.45) is 5.73 Å². The van der Waals surface area contributed by atoms with E-state index in [0.29, 0.717) is 19.6 Å². The van der Waals surface area contributed by atoms with Gasteiger partial charge in [-0.3, -0.25) is 4.90 Å². The van der Waals surface area contributed by atoms with Gasteiger partial charge in [0.1, 0.15) is 12.0 Å². The van der Waals surface area contributed by atoms with E-state index in [1.807, 2.05) is 36.1 Å². The van der Waals surface area contributed by atoms with E-state index in [0.717, 1.165) is 45.2 Å². The third-order valence-electron chi connectivity index (χ3n) is 5.73. The molecule has 0 aromatic heterocycles. The Morgan fingerprint density at radius 2 is 1.69 bits per heavy atom. The van der Waals surface area contributed by atoms with Crippen molar-refractivity contribution in [1.82, 2.24) is 4.90 Å². The smallest absolute Gasteiger partial charge is 0.406 e. The second-order valence-electron chi connectivity index (χ2n) is 7.94. The predicted molar refractivity (Wildman–Crippen MR) is 116 cm³/mol. The number of ether oxygens (including phenoxy) is 1. The van der Waals surface area contributed by atoms with Gasteiger partial charge in [0.25, 0.3) is 0 Å². The zero-order valence-electron chi connectivity index (χ0n) is 17.5. The van der Waals surface area contributed by atoms with Crippen LogP contribution in [-0.4, -0.2) is 17.5 Å². The first-order valence-corrected chi connectivity index (χ1v) is 10.2. The number of halogens is 3. The van der Waals surface area contributed by atoms with Crippen molar-refractivity contribution in [3.63, 3.8) is 0 Å². The van der Waals surface area contributed by atoms with E-state index >= 15 is 0 Å². The summed E-state index contributed by atoms with van der Waals surface area (Å²) in [5.74, 6) is -0.265. The number of aldehydes is 1. The van der Waals surface area contributed by atoms with Crippen LogP contribution in [0.2, 0.25) is 0 Å². The first kappa shape index (κ1) is 22.0. The molecule has 4 nitrogen and oxygen atoms in total. The molecule has 0 bridgehead atoms. The van der Waals surface area contributed by atoms with E-state index in [9.17, 15) is 18.0 Å². The molecule has 0 saturated heterocycles. The molecule has 0 radical (unpaired) electrons. The van der Waals surface area contributed by atoms with Gasteiger partial charge in [-0.1, -0.05) is 42.5 Å². The maximum atomic E-state index is 12.4. The molecule has 2 N–H and O–H groups in total. The van der Waals surface area contributed by atoms with Crippen LogP contribution in [0.3, 0.4) is 0 Å². The van der Waals surface area contributed by atoms with Gasteiger partial charge < -0.3 is 15.3 Å². The molecule has 0 saturated carbocycles. The average Bonchev–Trinajstić information content (AvgIpc) is 3.11. The van der Waals surface area contributed by atoms with Crippen molar-refractivity contribution in [2.75, 3.05) is 0 Å². The number of carbonyl (C=O) groups excluding carboxylic acids is 1. The summed E-state index contributed by atoms with van der Waals surface area (Å²) < 4.78 is 41.1. The molecular weight excluding hydrogens is 417 g/mol. The van der Waals surface area contributed by atoms with E-state index in [1.54, 1.807) is 12.1 Å². The van der Waals surface area contributed by atoms with E-state index in [1.165, 1.54) is 12.1 Å². The van der Waals surface area contributed by atoms with E-state index in [2.05, 4.69) is 16.9 Å². The summed E-state index contributed by atoms with van der Waals surface area (Å²) in [6.07, 6.45) is -3.80. The van der Waals surface area contributed by atoms with Crippen molar-refractivity contribution in [3.8, 4) is 16.9 Å². The first-order chi connectivity index (χ1) is 15.3.